The Hall–Kier alpha value is -2.54. The molecule has 6 nitrogen and oxygen atoms in total. The molecule has 158 valence electrons. The number of Topliss-reactive ketones (excluding diaryl/α,β-unsaturated/α-hetero) is 1. The summed E-state index contributed by atoms with van der Waals surface area (Å²) in [4.78, 5) is 32.4. The van der Waals surface area contributed by atoms with Gasteiger partial charge < -0.3 is 10.0 Å². The Labute approximate surface area is 177 Å². The first kappa shape index (κ1) is 20.7. The fraction of sp³-hybridized carbons (Fsp3) is 0.417. The number of likely N-dealkylation sites (N-methyl/N-ethyl adjacent to an activating group) is 1. The number of carbonyl (C=O) groups is 2. The van der Waals surface area contributed by atoms with Gasteiger partial charge in [-0.25, -0.2) is 0 Å². The van der Waals surface area contributed by atoms with Crippen LogP contribution in [0.1, 0.15) is 34.8 Å². The topological polar surface area (TPSA) is 64.1 Å². The van der Waals surface area contributed by atoms with Crippen LogP contribution >= 0.6 is 0 Å². The van der Waals surface area contributed by atoms with Crippen molar-refractivity contribution >= 4 is 17.4 Å². The van der Waals surface area contributed by atoms with Crippen LogP contribution < -0.4 is 4.90 Å². The molecule has 0 spiro atoms. The van der Waals surface area contributed by atoms with Gasteiger partial charge in [-0.3, -0.25) is 19.4 Å². The number of nitrogens with zero attached hydrogens (tertiary/aromatic N) is 3. The molecular weight excluding hydrogens is 378 g/mol. The van der Waals surface area contributed by atoms with Crippen LogP contribution in [0, 0.1) is 0 Å². The summed E-state index contributed by atoms with van der Waals surface area (Å²) in [7, 11) is 2.09. The first-order chi connectivity index (χ1) is 14.4. The van der Waals surface area contributed by atoms with Crippen molar-refractivity contribution in [3.63, 3.8) is 0 Å². The van der Waals surface area contributed by atoms with Crippen molar-refractivity contribution in [2.24, 2.45) is 0 Å². The summed E-state index contributed by atoms with van der Waals surface area (Å²) in [5.41, 5.74) is 1.04. The van der Waals surface area contributed by atoms with Crippen molar-refractivity contribution in [3.8, 4) is 0 Å². The van der Waals surface area contributed by atoms with E-state index in [4.69, 9.17) is 0 Å². The summed E-state index contributed by atoms with van der Waals surface area (Å²) < 4.78 is 0. The number of aliphatic hydroxyl groups is 1. The molecule has 1 amide bonds. The minimum atomic E-state index is -1.83. The second-order valence-electron chi connectivity index (χ2n) is 8.32. The monoisotopic (exact) mass is 407 g/mol. The Bertz CT molecular complexity index is 935. The Balaban J connectivity index is 1.57. The van der Waals surface area contributed by atoms with Gasteiger partial charge in [0.05, 0.1) is 18.8 Å². The predicted molar refractivity (Wildman–Crippen MR) is 117 cm³/mol. The zero-order valence-electron chi connectivity index (χ0n) is 17.7. The van der Waals surface area contributed by atoms with Crippen LogP contribution in [0.3, 0.4) is 0 Å². The summed E-state index contributed by atoms with van der Waals surface area (Å²) >= 11 is 0. The number of benzene rings is 2. The van der Waals surface area contributed by atoms with Crippen LogP contribution in [0.25, 0.3) is 0 Å². The number of hydrogen-bond acceptors (Lipinski definition) is 5. The Kier molecular flexibility index (Phi) is 5.73. The maximum absolute atomic E-state index is 13.4. The van der Waals surface area contributed by atoms with Crippen LogP contribution in [-0.4, -0.2) is 66.5 Å². The van der Waals surface area contributed by atoms with E-state index in [1.165, 1.54) is 0 Å². The molecule has 2 heterocycles. The minimum absolute atomic E-state index is 0.232. The molecule has 6 heteroatoms. The fourth-order valence-electron chi connectivity index (χ4n) is 4.27. The zero-order valence-corrected chi connectivity index (χ0v) is 17.7. The van der Waals surface area contributed by atoms with E-state index < -0.39 is 11.5 Å². The summed E-state index contributed by atoms with van der Waals surface area (Å²) in [5, 5.41) is 11.4. The van der Waals surface area contributed by atoms with Gasteiger partial charge in [-0.2, -0.15) is 0 Å². The molecule has 1 fully saturated rings. The molecule has 0 unspecified atom stereocenters. The van der Waals surface area contributed by atoms with Gasteiger partial charge in [-0.15, -0.1) is 0 Å². The van der Waals surface area contributed by atoms with Crippen molar-refractivity contribution in [1.29, 1.82) is 0 Å². The average Bonchev–Trinajstić information content (AvgIpc) is 2.97. The number of amides is 1. The molecule has 0 aromatic heterocycles. The van der Waals surface area contributed by atoms with Crippen LogP contribution in [0.5, 0.6) is 0 Å². The molecule has 0 saturated carbocycles. The Morgan fingerprint density at radius 1 is 1.03 bits per heavy atom. The van der Waals surface area contributed by atoms with Gasteiger partial charge in [0, 0.05) is 37.3 Å². The van der Waals surface area contributed by atoms with Crippen molar-refractivity contribution in [3.05, 3.63) is 65.2 Å². The number of fused-ring (bicyclic) bond motifs is 1. The third kappa shape index (κ3) is 3.78. The van der Waals surface area contributed by atoms with E-state index in [0.717, 1.165) is 38.2 Å². The van der Waals surface area contributed by atoms with Gasteiger partial charge in [0.25, 0.3) is 5.91 Å². The van der Waals surface area contributed by atoms with Crippen molar-refractivity contribution in [1.82, 2.24) is 9.80 Å². The lowest BCUT2D eigenvalue weighted by molar-refractivity contribution is -0.136. The number of rotatable bonds is 6. The van der Waals surface area contributed by atoms with E-state index >= 15 is 0 Å². The first-order valence-electron chi connectivity index (χ1n) is 10.6. The van der Waals surface area contributed by atoms with Crippen LogP contribution in [0.15, 0.2) is 48.5 Å². The lowest BCUT2D eigenvalue weighted by Gasteiger charge is -2.35. The SMILES string of the molecule is CCc1ccc(C(=O)C[C@@]2(O)C(=O)N(CN3CCN(C)CC3)c3ccccc32)cc1. The molecule has 0 aliphatic carbocycles. The maximum atomic E-state index is 13.4. The summed E-state index contributed by atoms with van der Waals surface area (Å²) in [6.45, 7) is 6.10. The highest BCUT2D eigenvalue weighted by Crippen LogP contribution is 2.42. The molecule has 0 bridgehead atoms. The summed E-state index contributed by atoms with van der Waals surface area (Å²) in [6.07, 6.45) is 0.638. The number of hydrogen-bond donors (Lipinski definition) is 1. The van der Waals surface area contributed by atoms with Crippen LogP contribution in [0.2, 0.25) is 0 Å². The van der Waals surface area contributed by atoms with E-state index in [9.17, 15) is 14.7 Å². The molecule has 2 aromatic rings. The minimum Gasteiger partial charge on any atom is -0.375 e. The standard InChI is InChI=1S/C24H29N3O3/c1-3-18-8-10-19(11-9-18)22(28)16-24(30)20-6-4-5-7-21(20)27(23(24)29)17-26-14-12-25(2)13-15-26/h4-11,30H,3,12-17H2,1-2H3/t24-/m0/s1. The Morgan fingerprint density at radius 3 is 2.37 bits per heavy atom. The van der Waals surface area contributed by atoms with Crippen LogP contribution in [-0.2, 0) is 16.8 Å². The third-order valence-corrected chi connectivity index (χ3v) is 6.28. The predicted octanol–water partition coefficient (Wildman–Crippen LogP) is 2.26. The molecule has 2 aromatic carbocycles. The van der Waals surface area contributed by atoms with E-state index in [2.05, 4.69) is 23.8 Å². The lowest BCUT2D eigenvalue weighted by Crippen LogP contribution is -2.51. The lowest BCUT2D eigenvalue weighted by atomic mass is 9.88. The van der Waals surface area contributed by atoms with Gasteiger partial charge >= 0.3 is 0 Å². The van der Waals surface area contributed by atoms with Crippen LogP contribution in [0.4, 0.5) is 5.69 Å². The summed E-state index contributed by atoms with van der Waals surface area (Å²) in [6, 6.07) is 14.7. The molecule has 1 atom stereocenters. The molecular formula is C24H29N3O3. The number of carbonyl (C=O) groups excluding carboxylic acids is 2. The molecule has 4 rings (SSSR count). The second kappa shape index (κ2) is 8.30. The number of para-hydroxylation sites is 1. The zero-order chi connectivity index (χ0) is 21.3. The van der Waals surface area contributed by atoms with Crippen molar-refractivity contribution in [2.45, 2.75) is 25.4 Å². The number of anilines is 1. The molecule has 0 radical (unpaired) electrons. The molecule has 1 saturated heterocycles. The maximum Gasteiger partial charge on any atom is 0.265 e. The normalized spacial score (nSPS) is 22.4. The van der Waals surface area contributed by atoms with E-state index in [1.807, 2.05) is 24.3 Å². The van der Waals surface area contributed by atoms with Gasteiger partial charge in [0.1, 0.15) is 0 Å². The first-order valence-corrected chi connectivity index (χ1v) is 10.6. The highest BCUT2D eigenvalue weighted by atomic mass is 16.3. The number of aryl methyl sites for hydroxylation is 1. The van der Waals surface area contributed by atoms with E-state index in [1.54, 1.807) is 29.2 Å². The second-order valence-corrected chi connectivity index (χ2v) is 8.32. The van der Waals surface area contributed by atoms with E-state index in [-0.39, 0.29) is 12.2 Å². The van der Waals surface area contributed by atoms with Crippen molar-refractivity contribution < 1.29 is 14.7 Å². The van der Waals surface area contributed by atoms with Crippen molar-refractivity contribution in [2.75, 3.05) is 44.8 Å². The summed E-state index contributed by atoms with van der Waals surface area (Å²) in [5.74, 6) is -0.647. The van der Waals surface area contributed by atoms with Gasteiger partial charge in [0.2, 0.25) is 0 Å². The number of piperazine rings is 1. The molecule has 1 N–H and O–H groups in total. The molecule has 2 aliphatic rings. The average molecular weight is 408 g/mol. The Morgan fingerprint density at radius 2 is 1.70 bits per heavy atom. The fourth-order valence-corrected chi connectivity index (χ4v) is 4.27. The largest absolute Gasteiger partial charge is 0.375 e. The molecule has 30 heavy (non-hydrogen) atoms. The van der Waals surface area contributed by atoms with Gasteiger partial charge in [0.15, 0.2) is 11.4 Å². The smallest absolute Gasteiger partial charge is 0.265 e. The quantitative estimate of drug-likeness (QED) is 0.745. The van der Waals surface area contributed by atoms with Gasteiger partial charge in [-0.1, -0.05) is 49.4 Å². The highest BCUT2D eigenvalue weighted by molar-refractivity contribution is 6.10. The van der Waals surface area contributed by atoms with Gasteiger partial charge in [-0.05, 0) is 25.1 Å². The molecule has 2 aliphatic heterocycles. The highest BCUT2D eigenvalue weighted by Gasteiger charge is 2.51. The third-order valence-electron chi connectivity index (χ3n) is 6.28. The van der Waals surface area contributed by atoms with E-state index in [0.29, 0.717) is 23.5 Å². The number of ketones is 1.